The van der Waals surface area contributed by atoms with E-state index in [2.05, 4.69) is 58.2 Å². The molecule has 0 amide bonds. The van der Waals surface area contributed by atoms with Crippen molar-refractivity contribution in [2.45, 2.75) is 64.0 Å². The molecule has 0 radical (unpaired) electrons. The minimum atomic E-state index is 0.134. The first-order valence-corrected chi connectivity index (χ1v) is 14.1. The average molecular weight is 524 g/mol. The van der Waals surface area contributed by atoms with E-state index in [-0.39, 0.29) is 6.04 Å². The molecule has 2 aromatic rings. The Kier molecular flexibility index (Phi) is 9.81. The molecule has 1 saturated carbocycles. The Hall–Kier alpha value is -2.63. The molecule has 3 aliphatic rings. The van der Waals surface area contributed by atoms with E-state index in [0.29, 0.717) is 12.0 Å². The third-order valence-corrected chi connectivity index (χ3v) is 8.03. The maximum absolute atomic E-state index is 6.67. The zero-order valence-corrected chi connectivity index (χ0v) is 23.5. The van der Waals surface area contributed by atoms with Gasteiger partial charge in [-0.2, -0.15) is 0 Å². The lowest BCUT2D eigenvalue weighted by Crippen LogP contribution is -2.40. The Balaban J connectivity index is 0.00000156. The Bertz CT molecular complexity index is 1070. The van der Waals surface area contributed by atoms with Gasteiger partial charge in [-0.05, 0) is 90.9 Å². The van der Waals surface area contributed by atoms with Gasteiger partial charge >= 0.3 is 0 Å². The number of dihydropyridines is 1. The van der Waals surface area contributed by atoms with Crippen molar-refractivity contribution in [3.8, 4) is 11.5 Å². The van der Waals surface area contributed by atoms with Gasteiger partial charge in [-0.25, -0.2) is 0 Å². The van der Waals surface area contributed by atoms with Crippen LogP contribution in [0.3, 0.4) is 0 Å². The molecule has 2 N–H and O–H groups in total. The number of nitrogens with zero attached hydrogens (tertiary/aromatic N) is 1. The molecule has 1 unspecified atom stereocenters. The number of ether oxygens (including phenoxy) is 2. The second-order valence-corrected chi connectivity index (χ2v) is 10.3. The standard InChI is InChI=1S/C29H36ClN3O2.C2H6/c1-34-25-8-6-23(7-9-25)32-24-11-14-33(15-12-24)19-20-10-13-31-27(16-20)22-17-26(21-4-3-5-21)29(30)28(18-22)35-2;1-2/h6-10,13,16-18,21,24,27,31-32H,3-5,11-12,14-15,19H2,1-2H3;1-2H3. The van der Waals surface area contributed by atoms with Gasteiger partial charge in [0, 0.05) is 31.4 Å². The highest BCUT2D eigenvalue weighted by atomic mass is 35.5. The fraction of sp³-hybridized carbons (Fsp3) is 0.484. The SMILES string of the molecule is CC.COc1ccc(NC2CCN(CC3=CC(c4cc(OC)c(Cl)c(C5CCC5)c4)NC=C3)CC2)cc1. The average Bonchev–Trinajstić information content (AvgIpc) is 2.91. The van der Waals surface area contributed by atoms with Gasteiger partial charge in [0.05, 0.1) is 25.3 Å². The normalized spacial score (nSPS) is 20.1. The van der Waals surface area contributed by atoms with Gasteiger partial charge in [-0.3, -0.25) is 4.90 Å². The molecular weight excluding hydrogens is 482 g/mol. The third kappa shape index (κ3) is 6.82. The molecule has 2 aliphatic heterocycles. The van der Waals surface area contributed by atoms with Gasteiger partial charge in [0.1, 0.15) is 11.5 Å². The zero-order chi connectivity index (χ0) is 26.2. The van der Waals surface area contributed by atoms with E-state index >= 15 is 0 Å². The number of hydrogen-bond donors (Lipinski definition) is 2. The lowest BCUT2D eigenvalue weighted by atomic mass is 9.79. The minimum absolute atomic E-state index is 0.134. The summed E-state index contributed by atoms with van der Waals surface area (Å²) in [5, 5.41) is 7.99. The van der Waals surface area contributed by atoms with E-state index in [9.17, 15) is 0 Å². The third-order valence-electron chi connectivity index (χ3n) is 7.62. The van der Waals surface area contributed by atoms with E-state index in [4.69, 9.17) is 21.1 Å². The van der Waals surface area contributed by atoms with Crippen molar-refractivity contribution in [2.24, 2.45) is 0 Å². The summed E-state index contributed by atoms with van der Waals surface area (Å²) in [5.74, 6) is 2.24. The van der Waals surface area contributed by atoms with Crippen LogP contribution in [0.5, 0.6) is 11.5 Å². The molecule has 1 saturated heterocycles. The highest BCUT2D eigenvalue weighted by Gasteiger charge is 2.26. The van der Waals surface area contributed by atoms with Crippen molar-refractivity contribution >= 4 is 17.3 Å². The van der Waals surface area contributed by atoms with Crippen LogP contribution in [0.2, 0.25) is 5.02 Å². The van der Waals surface area contributed by atoms with E-state index in [1.165, 1.54) is 36.0 Å². The molecular formula is C31H42ClN3O2. The van der Waals surface area contributed by atoms with Crippen LogP contribution in [0.1, 0.15) is 69.0 Å². The smallest absolute Gasteiger partial charge is 0.138 e. The van der Waals surface area contributed by atoms with Crippen LogP contribution in [0, 0.1) is 0 Å². The topological polar surface area (TPSA) is 45.8 Å². The fourth-order valence-corrected chi connectivity index (χ4v) is 5.62. The lowest BCUT2D eigenvalue weighted by Gasteiger charge is -2.34. The minimum Gasteiger partial charge on any atom is -0.497 e. The quantitative estimate of drug-likeness (QED) is 0.379. The molecule has 0 spiro atoms. The molecule has 2 aromatic carbocycles. The first kappa shape index (κ1) is 27.4. The molecule has 2 heterocycles. The molecule has 0 aromatic heterocycles. The molecule has 5 rings (SSSR count). The van der Waals surface area contributed by atoms with E-state index in [1.54, 1.807) is 14.2 Å². The second kappa shape index (κ2) is 13.3. The number of anilines is 1. The summed E-state index contributed by atoms with van der Waals surface area (Å²) in [6.45, 7) is 7.17. The summed E-state index contributed by atoms with van der Waals surface area (Å²) in [7, 11) is 3.41. The lowest BCUT2D eigenvalue weighted by molar-refractivity contribution is 0.236. The largest absolute Gasteiger partial charge is 0.497 e. The molecule has 37 heavy (non-hydrogen) atoms. The van der Waals surface area contributed by atoms with E-state index < -0.39 is 0 Å². The van der Waals surface area contributed by atoms with Gasteiger partial charge in [-0.15, -0.1) is 0 Å². The number of likely N-dealkylation sites (tertiary alicyclic amines) is 1. The van der Waals surface area contributed by atoms with Crippen LogP contribution in [-0.2, 0) is 0 Å². The maximum atomic E-state index is 6.67. The van der Waals surface area contributed by atoms with E-state index in [0.717, 1.165) is 54.7 Å². The van der Waals surface area contributed by atoms with Crippen LogP contribution in [0.4, 0.5) is 5.69 Å². The molecule has 1 aliphatic carbocycles. The predicted octanol–water partition coefficient (Wildman–Crippen LogP) is 7.31. The van der Waals surface area contributed by atoms with Crippen molar-refractivity contribution in [1.82, 2.24) is 10.2 Å². The molecule has 5 nitrogen and oxygen atoms in total. The first-order chi connectivity index (χ1) is 18.1. The summed E-state index contributed by atoms with van der Waals surface area (Å²) in [5.41, 5.74) is 4.98. The van der Waals surface area contributed by atoms with Gasteiger partial charge in [0.2, 0.25) is 0 Å². The molecule has 200 valence electrons. The fourth-order valence-electron chi connectivity index (χ4n) is 5.28. The van der Waals surface area contributed by atoms with Gasteiger partial charge in [0.25, 0.3) is 0 Å². The molecule has 1 atom stereocenters. The van der Waals surface area contributed by atoms with Crippen molar-refractivity contribution in [3.05, 3.63) is 76.5 Å². The number of rotatable bonds is 8. The number of piperidine rings is 1. The van der Waals surface area contributed by atoms with E-state index in [1.807, 2.05) is 26.0 Å². The predicted molar refractivity (Wildman–Crippen MR) is 155 cm³/mol. The monoisotopic (exact) mass is 523 g/mol. The van der Waals surface area contributed by atoms with Crippen molar-refractivity contribution < 1.29 is 9.47 Å². The summed E-state index contributed by atoms with van der Waals surface area (Å²) < 4.78 is 10.9. The number of halogens is 1. The highest BCUT2D eigenvalue weighted by molar-refractivity contribution is 6.33. The van der Waals surface area contributed by atoms with Crippen molar-refractivity contribution in [1.29, 1.82) is 0 Å². The molecule has 0 bridgehead atoms. The first-order valence-electron chi connectivity index (χ1n) is 13.8. The van der Waals surface area contributed by atoms with Gasteiger partial charge in [0.15, 0.2) is 0 Å². The summed E-state index contributed by atoms with van der Waals surface area (Å²) in [6, 6.07) is 13.2. The Labute approximate surface area is 227 Å². The second-order valence-electron chi connectivity index (χ2n) is 9.90. The van der Waals surface area contributed by atoms with Crippen LogP contribution in [0.25, 0.3) is 0 Å². The van der Waals surface area contributed by atoms with Crippen molar-refractivity contribution in [2.75, 3.05) is 39.2 Å². The summed E-state index contributed by atoms with van der Waals surface area (Å²) in [4.78, 5) is 2.56. The Morgan fingerprint density at radius 2 is 1.73 bits per heavy atom. The number of hydrogen-bond acceptors (Lipinski definition) is 5. The van der Waals surface area contributed by atoms with Crippen LogP contribution in [0.15, 0.2) is 60.3 Å². The zero-order valence-electron chi connectivity index (χ0n) is 22.7. The molecule has 6 heteroatoms. The number of methoxy groups -OCH3 is 2. The molecule has 2 fully saturated rings. The highest BCUT2D eigenvalue weighted by Crippen LogP contribution is 2.44. The van der Waals surface area contributed by atoms with Crippen LogP contribution < -0.4 is 20.1 Å². The number of benzene rings is 2. The Morgan fingerprint density at radius 1 is 1.00 bits per heavy atom. The number of nitrogens with one attached hydrogen (secondary N) is 2. The van der Waals surface area contributed by atoms with Crippen LogP contribution >= 0.6 is 11.6 Å². The van der Waals surface area contributed by atoms with Crippen molar-refractivity contribution in [3.63, 3.8) is 0 Å². The summed E-state index contributed by atoms with van der Waals surface area (Å²) in [6.07, 6.45) is 12.7. The summed E-state index contributed by atoms with van der Waals surface area (Å²) >= 11 is 6.67. The van der Waals surface area contributed by atoms with Crippen LogP contribution in [-0.4, -0.2) is 44.8 Å². The van der Waals surface area contributed by atoms with Gasteiger partial charge in [-0.1, -0.05) is 44.0 Å². The maximum Gasteiger partial charge on any atom is 0.138 e. The van der Waals surface area contributed by atoms with Gasteiger partial charge < -0.3 is 20.1 Å². The Morgan fingerprint density at radius 3 is 2.35 bits per heavy atom.